The first-order chi connectivity index (χ1) is 14.1. The van der Waals surface area contributed by atoms with Gasteiger partial charge in [0, 0.05) is 28.5 Å². The first-order valence-corrected chi connectivity index (χ1v) is 10.3. The highest BCUT2D eigenvalue weighted by Gasteiger charge is 2.19. The second-order valence-corrected chi connectivity index (χ2v) is 7.69. The lowest BCUT2D eigenvalue weighted by Gasteiger charge is -2.13. The van der Waals surface area contributed by atoms with Gasteiger partial charge in [-0.3, -0.25) is 14.3 Å². The molecule has 0 aliphatic rings. The molecule has 0 fully saturated rings. The Morgan fingerprint density at radius 1 is 1.00 bits per heavy atom. The second-order valence-electron chi connectivity index (χ2n) is 6.34. The quantitative estimate of drug-likeness (QED) is 0.314. The summed E-state index contributed by atoms with van der Waals surface area (Å²) in [6.07, 6.45) is 3.43. The minimum Gasteiger partial charge on any atom is -0.293 e. The van der Waals surface area contributed by atoms with E-state index in [1.54, 1.807) is 12.4 Å². The van der Waals surface area contributed by atoms with Crippen molar-refractivity contribution in [1.82, 2.24) is 19.7 Å². The number of halogens is 1. The lowest BCUT2D eigenvalue weighted by molar-refractivity contribution is 0.102. The normalized spacial score (nSPS) is 10.8. The molecule has 0 saturated carbocycles. The van der Waals surface area contributed by atoms with E-state index < -0.39 is 0 Å². The van der Waals surface area contributed by atoms with Crippen LogP contribution in [0.15, 0.2) is 78.2 Å². The Labute approximate surface area is 177 Å². The first kappa shape index (κ1) is 19.4. The van der Waals surface area contributed by atoms with Gasteiger partial charge in [0.05, 0.1) is 11.4 Å². The standard InChI is InChI=1S/C22H17ClN4OS/c1-15-18(23)8-5-9-19(15)27-21(17-10-12-24-13-11-17)25-26-22(27)29-14-20(28)16-6-3-2-4-7-16/h2-13H,14H2,1H3. The maximum absolute atomic E-state index is 12.6. The molecule has 0 aliphatic carbocycles. The highest BCUT2D eigenvalue weighted by atomic mass is 35.5. The summed E-state index contributed by atoms with van der Waals surface area (Å²) in [6.45, 7) is 1.96. The number of nitrogens with zero attached hydrogens (tertiary/aromatic N) is 4. The summed E-state index contributed by atoms with van der Waals surface area (Å²) in [5, 5.41) is 10.1. The molecule has 0 spiro atoms. The number of ketones is 1. The van der Waals surface area contributed by atoms with Gasteiger partial charge in [0.2, 0.25) is 0 Å². The summed E-state index contributed by atoms with van der Waals surface area (Å²) in [4.78, 5) is 16.6. The molecule has 144 valence electrons. The Morgan fingerprint density at radius 2 is 1.76 bits per heavy atom. The van der Waals surface area contributed by atoms with Crippen LogP contribution in [0.5, 0.6) is 0 Å². The largest absolute Gasteiger partial charge is 0.293 e. The van der Waals surface area contributed by atoms with E-state index in [4.69, 9.17) is 11.6 Å². The van der Waals surface area contributed by atoms with Crippen molar-refractivity contribution >= 4 is 29.1 Å². The van der Waals surface area contributed by atoms with E-state index in [9.17, 15) is 4.79 Å². The predicted molar refractivity (Wildman–Crippen MR) is 116 cm³/mol. The molecule has 2 aromatic heterocycles. The number of hydrogen-bond acceptors (Lipinski definition) is 5. The van der Waals surface area contributed by atoms with Crippen molar-refractivity contribution in [3.05, 3.63) is 89.2 Å². The molecule has 0 bridgehead atoms. The lowest BCUT2D eigenvalue weighted by atomic mass is 10.2. The van der Waals surface area contributed by atoms with Crippen LogP contribution in [0.2, 0.25) is 5.02 Å². The van der Waals surface area contributed by atoms with Gasteiger partial charge in [-0.2, -0.15) is 0 Å². The third-order valence-electron chi connectivity index (χ3n) is 4.48. The maximum atomic E-state index is 12.6. The fourth-order valence-electron chi connectivity index (χ4n) is 2.94. The van der Waals surface area contributed by atoms with E-state index in [2.05, 4.69) is 15.2 Å². The monoisotopic (exact) mass is 420 g/mol. The van der Waals surface area contributed by atoms with Crippen molar-refractivity contribution in [3.8, 4) is 17.1 Å². The number of carbonyl (C=O) groups excluding carboxylic acids is 1. The van der Waals surface area contributed by atoms with Crippen LogP contribution in [0.3, 0.4) is 0 Å². The summed E-state index contributed by atoms with van der Waals surface area (Å²) < 4.78 is 1.94. The summed E-state index contributed by atoms with van der Waals surface area (Å²) in [6, 6.07) is 18.7. The van der Waals surface area contributed by atoms with E-state index in [-0.39, 0.29) is 11.5 Å². The highest BCUT2D eigenvalue weighted by Crippen LogP contribution is 2.31. The minimum atomic E-state index is 0.0402. The van der Waals surface area contributed by atoms with Gasteiger partial charge in [-0.1, -0.05) is 59.8 Å². The number of Topliss-reactive ketones (excluding diaryl/α,β-unsaturated/α-hetero) is 1. The number of rotatable bonds is 6. The lowest BCUT2D eigenvalue weighted by Crippen LogP contribution is -2.06. The molecule has 0 unspecified atom stereocenters. The van der Waals surface area contributed by atoms with Gasteiger partial charge >= 0.3 is 0 Å². The van der Waals surface area contributed by atoms with Crippen molar-refractivity contribution in [1.29, 1.82) is 0 Å². The van der Waals surface area contributed by atoms with Crippen LogP contribution in [0.25, 0.3) is 17.1 Å². The van der Waals surface area contributed by atoms with E-state index in [1.807, 2.05) is 72.2 Å². The van der Waals surface area contributed by atoms with Crippen LogP contribution in [-0.4, -0.2) is 31.3 Å². The molecule has 0 radical (unpaired) electrons. The summed E-state index contributed by atoms with van der Waals surface area (Å²) in [7, 11) is 0. The van der Waals surface area contributed by atoms with Crippen LogP contribution in [0.1, 0.15) is 15.9 Å². The zero-order chi connectivity index (χ0) is 20.2. The van der Waals surface area contributed by atoms with Gasteiger partial charge in [-0.05, 0) is 36.8 Å². The zero-order valence-corrected chi connectivity index (χ0v) is 17.2. The highest BCUT2D eigenvalue weighted by molar-refractivity contribution is 7.99. The van der Waals surface area contributed by atoms with E-state index in [1.165, 1.54) is 11.8 Å². The molecule has 2 heterocycles. The maximum Gasteiger partial charge on any atom is 0.196 e. The second kappa shape index (κ2) is 8.59. The van der Waals surface area contributed by atoms with Gasteiger partial charge in [0.25, 0.3) is 0 Å². The molecular formula is C22H17ClN4OS. The number of aromatic nitrogens is 4. The molecule has 2 aromatic carbocycles. The number of benzene rings is 2. The molecule has 0 N–H and O–H groups in total. The molecule has 0 saturated heterocycles. The van der Waals surface area contributed by atoms with Crippen LogP contribution in [0, 0.1) is 6.92 Å². The molecule has 0 atom stereocenters. The van der Waals surface area contributed by atoms with Gasteiger partial charge < -0.3 is 0 Å². The van der Waals surface area contributed by atoms with Crippen LogP contribution in [0.4, 0.5) is 0 Å². The molecule has 0 amide bonds. The predicted octanol–water partition coefficient (Wildman–Crippen LogP) is 5.27. The number of hydrogen-bond donors (Lipinski definition) is 0. The average Bonchev–Trinajstić information content (AvgIpc) is 3.19. The molecular weight excluding hydrogens is 404 g/mol. The zero-order valence-electron chi connectivity index (χ0n) is 15.6. The van der Waals surface area contributed by atoms with Crippen molar-refractivity contribution in [3.63, 3.8) is 0 Å². The fraction of sp³-hybridized carbons (Fsp3) is 0.0909. The van der Waals surface area contributed by atoms with Crippen molar-refractivity contribution in [2.24, 2.45) is 0 Å². The van der Waals surface area contributed by atoms with Gasteiger partial charge in [-0.25, -0.2) is 0 Å². The van der Waals surface area contributed by atoms with Crippen molar-refractivity contribution in [2.45, 2.75) is 12.1 Å². The Hall–Kier alpha value is -2.96. The molecule has 4 rings (SSSR count). The Balaban J connectivity index is 1.74. The molecule has 5 nitrogen and oxygen atoms in total. The topological polar surface area (TPSA) is 60.7 Å². The smallest absolute Gasteiger partial charge is 0.196 e. The van der Waals surface area contributed by atoms with Gasteiger partial charge in [0.1, 0.15) is 0 Å². The summed E-state index contributed by atoms with van der Waals surface area (Å²) >= 11 is 7.72. The number of pyridine rings is 1. The molecule has 0 aliphatic heterocycles. The van der Waals surface area contributed by atoms with Crippen molar-refractivity contribution < 1.29 is 4.79 Å². The molecule has 7 heteroatoms. The Bertz CT molecular complexity index is 1150. The van der Waals surface area contributed by atoms with Crippen molar-refractivity contribution in [2.75, 3.05) is 5.75 Å². The minimum absolute atomic E-state index is 0.0402. The summed E-state index contributed by atoms with van der Waals surface area (Å²) in [5.74, 6) is 0.976. The van der Waals surface area contributed by atoms with Gasteiger partial charge in [0.15, 0.2) is 16.8 Å². The fourth-order valence-corrected chi connectivity index (χ4v) is 3.95. The van der Waals surface area contributed by atoms with Crippen LogP contribution in [-0.2, 0) is 0 Å². The summed E-state index contributed by atoms with van der Waals surface area (Å²) in [5.41, 5.74) is 3.36. The Morgan fingerprint density at radius 3 is 2.52 bits per heavy atom. The third kappa shape index (κ3) is 4.09. The first-order valence-electron chi connectivity index (χ1n) is 8.97. The van der Waals surface area contributed by atoms with E-state index >= 15 is 0 Å². The number of thioether (sulfide) groups is 1. The third-order valence-corrected chi connectivity index (χ3v) is 5.82. The molecule has 4 aromatic rings. The number of carbonyl (C=O) groups is 1. The van der Waals surface area contributed by atoms with Crippen LogP contribution < -0.4 is 0 Å². The SMILES string of the molecule is Cc1c(Cl)cccc1-n1c(SCC(=O)c2ccccc2)nnc1-c1ccncc1. The average molecular weight is 421 g/mol. The van der Waals surface area contributed by atoms with E-state index in [0.29, 0.717) is 21.6 Å². The van der Waals surface area contributed by atoms with E-state index in [0.717, 1.165) is 16.8 Å². The Kier molecular flexibility index (Phi) is 5.74. The van der Waals surface area contributed by atoms with Crippen LogP contribution >= 0.6 is 23.4 Å². The molecule has 29 heavy (non-hydrogen) atoms. The van der Waals surface area contributed by atoms with Gasteiger partial charge in [-0.15, -0.1) is 10.2 Å².